The minimum absolute atomic E-state index is 0.428. The maximum absolute atomic E-state index is 10.9. The number of aliphatic hydroxyl groups is 1. The fourth-order valence-electron chi connectivity index (χ4n) is 2.64. The zero-order valence-electron chi connectivity index (χ0n) is 11.5. The fraction of sp³-hybridized carbons (Fsp3) is 0.267. The summed E-state index contributed by atoms with van der Waals surface area (Å²) in [6.07, 6.45) is 5.73. The Bertz CT molecular complexity index is 703. The van der Waals surface area contributed by atoms with Gasteiger partial charge >= 0.3 is 0 Å². The predicted molar refractivity (Wildman–Crippen MR) is 80.2 cm³/mol. The van der Waals surface area contributed by atoms with Crippen LogP contribution in [0.25, 0.3) is 11.1 Å². The molecule has 0 spiro atoms. The molecule has 3 heterocycles. The average molecular weight is 304 g/mol. The molecule has 1 aliphatic heterocycles. The van der Waals surface area contributed by atoms with Gasteiger partial charge < -0.3 is 5.11 Å². The number of rotatable bonds is 3. The molecular formula is C15H14ClN3O2. The molecule has 3 rings (SSSR count). The Kier molecular flexibility index (Phi) is 3.61. The van der Waals surface area contributed by atoms with Crippen LogP contribution in [0.1, 0.15) is 24.2 Å². The number of halogens is 1. The van der Waals surface area contributed by atoms with E-state index in [0.29, 0.717) is 22.9 Å². The summed E-state index contributed by atoms with van der Waals surface area (Å²) in [6.45, 7) is 2.31. The molecule has 2 aromatic rings. The van der Waals surface area contributed by atoms with E-state index in [2.05, 4.69) is 9.97 Å². The number of fused-ring (bicyclic) bond motifs is 1. The standard InChI is InChI=1S/C15H14ClN3O2/c1-9(21)14-12(6-17-7-13(14)16)11-4-10-2-3-19(8-20)15(10)18-5-11/h4-9,21H,2-3H2,1H3. The Hall–Kier alpha value is -1.98. The number of pyridine rings is 2. The summed E-state index contributed by atoms with van der Waals surface area (Å²) in [5, 5.41) is 10.4. The predicted octanol–water partition coefficient (Wildman–Crippen LogP) is 2.37. The van der Waals surface area contributed by atoms with Crippen LogP contribution in [0.4, 0.5) is 5.82 Å². The maximum Gasteiger partial charge on any atom is 0.215 e. The van der Waals surface area contributed by atoms with Crippen molar-refractivity contribution in [1.29, 1.82) is 0 Å². The summed E-state index contributed by atoms with van der Waals surface area (Å²) in [6, 6.07) is 1.98. The number of hydrogen-bond donors (Lipinski definition) is 1. The molecule has 0 bridgehead atoms. The van der Waals surface area contributed by atoms with Crippen LogP contribution in [0, 0.1) is 0 Å². The molecule has 0 saturated carbocycles. The van der Waals surface area contributed by atoms with Gasteiger partial charge in [0.2, 0.25) is 6.41 Å². The molecule has 1 unspecified atom stereocenters. The van der Waals surface area contributed by atoms with Crippen LogP contribution < -0.4 is 4.90 Å². The van der Waals surface area contributed by atoms with Crippen molar-refractivity contribution < 1.29 is 9.90 Å². The smallest absolute Gasteiger partial charge is 0.215 e. The molecule has 0 radical (unpaired) electrons. The van der Waals surface area contributed by atoms with E-state index in [-0.39, 0.29) is 0 Å². The van der Waals surface area contributed by atoms with Crippen LogP contribution in [0.2, 0.25) is 5.02 Å². The summed E-state index contributed by atoms with van der Waals surface area (Å²) >= 11 is 6.14. The second-order valence-corrected chi connectivity index (χ2v) is 5.42. The zero-order valence-corrected chi connectivity index (χ0v) is 12.2. The SMILES string of the molecule is CC(O)c1c(Cl)cncc1-c1cnc2c(c1)CCN2C=O. The fourth-order valence-corrected chi connectivity index (χ4v) is 2.96. The normalized spacial score (nSPS) is 14.9. The third-order valence-corrected chi connectivity index (χ3v) is 3.93. The van der Waals surface area contributed by atoms with Crippen LogP contribution in [-0.4, -0.2) is 28.0 Å². The van der Waals surface area contributed by atoms with Crippen molar-refractivity contribution in [2.75, 3.05) is 11.4 Å². The lowest BCUT2D eigenvalue weighted by atomic mass is 9.99. The van der Waals surface area contributed by atoms with Gasteiger partial charge in [-0.3, -0.25) is 14.7 Å². The first-order valence-corrected chi connectivity index (χ1v) is 7.02. The summed E-state index contributed by atoms with van der Waals surface area (Å²) < 4.78 is 0. The zero-order chi connectivity index (χ0) is 15.0. The van der Waals surface area contributed by atoms with Crippen molar-refractivity contribution in [2.45, 2.75) is 19.4 Å². The van der Waals surface area contributed by atoms with Gasteiger partial charge in [0.05, 0.1) is 11.1 Å². The first-order chi connectivity index (χ1) is 10.1. The van der Waals surface area contributed by atoms with Gasteiger partial charge in [0, 0.05) is 41.8 Å². The van der Waals surface area contributed by atoms with E-state index in [9.17, 15) is 9.90 Å². The molecule has 21 heavy (non-hydrogen) atoms. The first-order valence-electron chi connectivity index (χ1n) is 6.64. The van der Waals surface area contributed by atoms with Crippen molar-refractivity contribution >= 4 is 23.8 Å². The lowest BCUT2D eigenvalue weighted by Gasteiger charge is -2.14. The van der Waals surface area contributed by atoms with Gasteiger partial charge in [-0.15, -0.1) is 0 Å². The first kappa shape index (κ1) is 14.0. The number of aromatic nitrogens is 2. The molecular weight excluding hydrogens is 290 g/mol. The van der Waals surface area contributed by atoms with Crippen molar-refractivity contribution in [3.05, 3.63) is 40.8 Å². The Morgan fingerprint density at radius 1 is 1.43 bits per heavy atom. The van der Waals surface area contributed by atoms with Gasteiger partial charge in [-0.1, -0.05) is 11.6 Å². The van der Waals surface area contributed by atoms with E-state index in [4.69, 9.17) is 11.6 Å². The largest absolute Gasteiger partial charge is 0.389 e. The Morgan fingerprint density at radius 3 is 2.95 bits per heavy atom. The average Bonchev–Trinajstić information content (AvgIpc) is 2.88. The van der Waals surface area contributed by atoms with Crippen LogP contribution in [0.3, 0.4) is 0 Å². The third-order valence-electron chi connectivity index (χ3n) is 3.63. The number of amides is 1. The van der Waals surface area contributed by atoms with E-state index >= 15 is 0 Å². The summed E-state index contributed by atoms with van der Waals surface area (Å²) in [5.74, 6) is 0.697. The van der Waals surface area contributed by atoms with E-state index < -0.39 is 6.10 Å². The van der Waals surface area contributed by atoms with Crippen molar-refractivity contribution in [3.63, 3.8) is 0 Å². The number of aliphatic hydroxyl groups excluding tert-OH is 1. The Balaban J connectivity index is 2.11. The minimum atomic E-state index is -0.699. The minimum Gasteiger partial charge on any atom is -0.389 e. The second-order valence-electron chi connectivity index (χ2n) is 5.01. The monoisotopic (exact) mass is 303 g/mol. The van der Waals surface area contributed by atoms with Gasteiger partial charge in [-0.2, -0.15) is 0 Å². The van der Waals surface area contributed by atoms with Gasteiger partial charge in [-0.05, 0) is 25.0 Å². The van der Waals surface area contributed by atoms with Crippen LogP contribution in [-0.2, 0) is 11.2 Å². The number of anilines is 1. The highest BCUT2D eigenvalue weighted by atomic mass is 35.5. The molecule has 0 aromatic carbocycles. The number of carbonyl (C=O) groups excluding carboxylic acids is 1. The molecule has 1 aliphatic rings. The molecule has 6 heteroatoms. The van der Waals surface area contributed by atoms with E-state index in [1.165, 1.54) is 6.20 Å². The summed E-state index contributed by atoms with van der Waals surface area (Å²) in [5.41, 5.74) is 3.25. The third kappa shape index (κ3) is 2.39. The highest BCUT2D eigenvalue weighted by Gasteiger charge is 2.22. The van der Waals surface area contributed by atoms with Crippen molar-refractivity contribution in [2.24, 2.45) is 0 Å². The molecule has 0 saturated heterocycles. The quantitative estimate of drug-likeness (QED) is 0.884. The van der Waals surface area contributed by atoms with E-state index in [0.717, 1.165) is 29.5 Å². The molecule has 1 amide bonds. The molecule has 0 aliphatic carbocycles. The van der Waals surface area contributed by atoms with Gasteiger partial charge in [0.15, 0.2) is 0 Å². The van der Waals surface area contributed by atoms with E-state index in [1.807, 2.05) is 6.07 Å². The number of carbonyl (C=O) groups is 1. The molecule has 108 valence electrons. The van der Waals surface area contributed by atoms with Crippen LogP contribution in [0.15, 0.2) is 24.7 Å². The molecule has 2 aromatic heterocycles. The summed E-state index contributed by atoms with van der Waals surface area (Å²) in [7, 11) is 0. The maximum atomic E-state index is 10.9. The Morgan fingerprint density at radius 2 is 2.24 bits per heavy atom. The second kappa shape index (κ2) is 5.42. The van der Waals surface area contributed by atoms with Crippen molar-refractivity contribution in [1.82, 2.24) is 9.97 Å². The Labute approximate surface area is 127 Å². The van der Waals surface area contributed by atoms with Gasteiger partial charge in [0.1, 0.15) is 5.82 Å². The highest BCUT2D eigenvalue weighted by molar-refractivity contribution is 6.31. The van der Waals surface area contributed by atoms with Crippen LogP contribution >= 0.6 is 11.6 Å². The summed E-state index contributed by atoms with van der Waals surface area (Å²) in [4.78, 5) is 21.0. The lowest BCUT2D eigenvalue weighted by molar-refractivity contribution is -0.107. The highest BCUT2D eigenvalue weighted by Crippen LogP contribution is 2.35. The molecule has 5 nitrogen and oxygen atoms in total. The number of hydrogen-bond acceptors (Lipinski definition) is 4. The van der Waals surface area contributed by atoms with Crippen LogP contribution in [0.5, 0.6) is 0 Å². The molecule has 1 N–H and O–H groups in total. The lowest BCUT2D eigenvalue weighted by Crippen LogP contribution is -2.18. The van der Waals surface area contributed by atoms with E-state index in [1.54, 1.807) is 24.2 Å². The molecule has 1 atom stereocenters. The molecule has 0 fully saturated rings. The van der Waals surface area contributed by atoms with Gasteiger partial charge in [-0.25, -0.2) is 4.98 Å². The number of nitrogens with zero attached hydrogens (tertiary/aromatic N) is 3. The topological polar surface area (TPSA) is 66.3 Å². The van der Waals surface area contributed by atoms with Gasteiger partial charge in [0.25, 0.3) is 0 Å². The van der Waals surface area contributed by atoms with Crippen molar-refractivity contribution in [3.8, 4) is 11.1 Å².